The number of Topliss-reactive ketones (excluding diaryl/α,β-unsaturated/α-hetero) is 1. The number of hydrogen-bond acceptors (Lipinski definition) is 2. The third kappa shape index (κ3) is 2.39. The highest BCUT2D eigenvalue weighted by molar-refractivity contribution is 9.09. The highest BCUT2D eigenvalue weighted by Crippen LogP contribution is 2.26. The molecule has 0 heterocycles. The molecule has 0 aromatic heterocycles. The van der Waals surface area contributed by atoms with Crippen molar-refractivity contribution in [3.8, 4) is 0 Å². The SMILES string of the molecule is CC(=O)C(Br)c1ccc(CO)cc1F. The molecule has 0 saturated heterocycles. The van der Waals surface area contributed by atoms with Gasteiger partial charge in [-0.25, -0.2) is 4.39 Å². The minimum absolute atomic E-state index is 0.152. The zero-order chi connectivity index (χ0) is 10.7. The summed E-state index contributed by atoms with van der Waals surface area (Å²) in [6.07, 6.45) is 0. The molecule has 1 atom stereocenters. The van der Waals surface area contributed by atoms with Gasteiger partial charge in [0.1, 0.15) is 16.4 Å². The van der Waals surface area contributed by atoms with Gasteiger partial charge in [0.05, 0.1) is 6.61 Å². The summed E-state index contributed by atoms with van der Waals surface area (Å²) < 4.78 is 13.4. The van der Waals surface area contributed by atoms with E-state index >= 15 is 0 Å². The van der Waals surface area contributed by atoms with E-state index in [1.54, 1.807) is 6.07 Å². The molecule has 1 aromatic carbocycles. The van der Waals surface area contributed by atoms with Crippen LogP contribution in [0.15, 0.2) is 18.2 Å². The summed E-state index contributed by atoms with van der Waals surface area (Å²) in [7, 11) is 0. The van der Waals surface area contributed by atoms with Crippen molar-refractivity contribution in [2.45, 2.75) is 18.4 Å². The molecule has 76 valence electrons. The summed E-state index contributed by atoms with van der Waals surface area (Å²) in [5.74, 6) is -0.630. The monoisotopic (exact) mass is 260 g/mol. The van der Waals surface area contributed by atoms with Crippen LogP contribution in [-0.4, -0.2) is 10.9 Å². The number of ketones is 1. The molecule has 1 aromatic rings. The summed E-state index contributed by atoms with van der Waals surface area (Å²) >= 11 is 3.10. The number of carbonyl (C=O) groups excluding carboxylic acids is 1. The van der Waals surface area contributed by atoms with Crippen LogP contribution in [0.5, 0.6) is 0 Å². The van der Waals surface area contributed by atoms with E-state index in [4.69, 9.17) is 5.11 Å². The van der Waals surface area contributed by atoms with Gasteiger partial charge < -0.3 is 5.11 Å². The van der Waals surface area contributed by atoms with Crippen LogP contribution in [0.3, 0.4) is 0 Å². The third-order valence-electron chi connectivity index (χ3n) is 1.88. The summed E-state index contributed by atoms with van der Waals surface area (Å²) in [4.78, 5) is 10.4. The Balaban J connectivity index is 3.05. The van der Waals surface area contributed by atoms with Crippen molar-refractivity contribution in [2.75, 3.05) is 0 Å². The molecule has 0 radical (unpaired) electrons. The Hall–Kier alpha value is -0.740. The van der Waals surface area contributed by atoms with Crippen molar-refractivity contribution >= 4 is 21.7 Å². The Morgan fingerprint density at radius 1 is 1.64 bits per heavy atom. The number of alkyl halides is 1. The largest absolute Gasteiger partial charge is 0.392 e. The molecule has 0 bridgehead atoms. The first-order valence-corrected chi connectivity index (χ1v) is 5.01. The maximum atomic E-state index is 13.4. The molecule has 0 spiro atoms. The second kappa shape index (κ2) is 4.66. The first-order chi connectivity index (χ1) is 6.56. The lowest BCUT2D eigenvalue weighted by Crippen LogP contribution is -2.04. The topological polar surface area (TPSA) is 37.3 Å². The number of aliphatic hydroxyl groups excluding tert-OH is 1. The lowest BCUT2D eigenvalue weighted by molar-refractivity contribution is -0.116. The summed E-state index contributed by atoms with van der Waals surface area (Å²) in [6.45, 7) is 1.18. The van der Waals surface area contributed by atoms with Crippen LogP contribution in [0.1, 0.15) is 22.9 Å². The summed E-state index contributed by atoms with van der Waals surface area (Å²) in [6, 6.07) is 4.32. The van der Waals surface area contributed by atoms with Crippen molar-refractivity contribution in [1.82, 2.24) is 0 Å². The molecular weight excluding hydrogens is 251 g/mol. The van der Waals surface area contributed by atoms with Crippen LogP contribution >= 0.6 is 15.9 Å². The molecule has 0 aliphatic carbocycles. The van der Waals surface area contributed by atoms with Gasteiger partial charge in [0.15, 0.2) is 0 Å². The van der Waals surface area contributed by atoms with Gasteiger partial charge in [0.25, 0.3) is 0 Å². The van der Waals surface area contributed by atoms with Crippen LogP contribution in [0, 0.1) is 5.82 Å². The lowest BCUT2D eigenvalue weighted by Gasteiger charge is -2.08. The van der Waals surface area contributed by atoms with Crippen LogP contribution in [0.4, 0.5) is 4.39 Å². The minimum Gasteiger partial charge on any atom is -0.392 e. The summed E-state index contributed by atoms with van der Waals surface area (Å²) in [5.41, 5.74) is 0.796. The molecule has 2 nitrogen and oxygen atoms in total. The second-order valence-corrected chi connectivity index (χ2v) is 3.90. The first-order valence-electron chi connectivity index (χ1n) is 4.10. The Kier molecular flexibility index (Phi) is 3.77. The smallest absolute Gasteiger partial charge is 0.147 e. The van der Waals surface area contributed by atoms with E-state index in [2.05, 4.69) is 15.9 Å². The van der Waals surface area contributed by atoms with E-state index in [9.17, 15) is 9.18 Å². The van der Waals surface area contributed by atoms with Gasteiger partial charge in [-0.05, 0) is 18.6 Å². The lowest BCUT2D eigenvalue weighted by atomic mass is 10.1. The Morgan fingerprint density at radius 3 is 2.71 bits per heavy atom. The van der Waals surface area contributed by atoms with Crippen molar-refractivity contribution < 1.29 is 14.3 Å². The number of rotatable bonds is 3. The molecule has 14 heavy (non-hydrogen) atoms. The predicted octanol–water partition coefficient (Wildman–Crippen LogP) is 2.34. The van der Waals surface area contributed by atoms with E-state index in [1.165, 1.54) is 19.1 Å². The minimum atomic E-state index is -0.616. The molecule has 1 unspecified atom stereocenters. The molecule has 0 aliphatic rings. The zero-order valence-electron chi connectivity index (χ0n) is 7.63. The van der Waals surface area contributed by atoms with Gasteiger partial charge in [-0.1, -0.05) is 28.1 Å². The Bertz CT molecular complexity index is 352. The summed E-state index contributed by atoms with van der Waals surface area (Å²) in [5, 5.41) is 8.76. The molecule has 0 saturated carbocycles. The molecule has 0 amide bonds. The number of halogens is 2. The number of carbonyl (C=O) groups is 1. The zero-order valence-corrected chi connectivity index (χ0v) is 9.21. The molecule has 4 heteroatoms. The van der Waals surface area contributed by atoms with Crippen molar-refractivity contribution in [1.29, 1.82) is 0 Å². The van der Waals surface area contributed by atoms with E-state index in [0.717, 1.165) is 0 Å². The number of benzene rings is 1. The molecule has 1 rings (SSSR count). The van der Waals surface area contributed by atoms with E-state index in [-0.39, 0.29) is 12.4 Å². The highest BCUT2D eigenvalue weighted by atomic mass is 79.9. The second-order valence-electron chi connectivity index (χ2n) is 2.99. The van der Waals surface area contributed by atoms with E-state index in [0.29, 0.717) is 11.1 Å². The third-order valence-corrected chi connectivity index (χ3v) is 3.02. The average molecular weight is 261 g/mol. The van der Waals surface area contributed by atoms with E-state index < -0.39 is 10.6 Å². The number of aliphatic hydroxyl groups is 1. The van der Waals surface area contributed by atoms with Gasteiger partial charge in [-0.3, -0.25) is 4.79 Å². The van der Waals surface area contributed by atoms with Gasteiger partial charge in [0.2, 0.25) is 0 Å². The van der Waals surface area contributed by atoms with Crippen molar-refractivity contribution in [3.05, 3.63) is 35.1 Å². The van der Waals surface area contributed by atoms with E-state index in [1.807, 2.05) is 0 Å². The van der Waals surface area contributed by atoms with Gasteiger partial charge >= 0.3 is 0 Å². The van der Waals surface area contributed by atoms with Gasteiger partial charge in [-0.2, -0.15) is 0 Å². The average Bonchev–Trinajstić information content (AvgIpc) is 2.16. The predicted molar refractivity (Wildman–Crippen MR) is 54.7 cm³/mol. The van der Waals surface area contributed by atoms with Crippen LogP contribution in [-0.2, 0) is 11.4 Å². The van der Waals surface area contributed by atoms with Gasteiger partial charge in [0, 0.05) is 5.56 Å². The fourth-order valence-electron chi connectivity index (χ4n) is 1.09. The quantitative estimate of drug-likeness (QED) is 0.848. The van der Waals surface area contributed by atoms with Crippen molar-refractivity contribution in [3.63, 3.8) is 0 Å². The van der Waals surface area contributed by atoms with Gasteiger partial charge in [-0.15, -0.1) is 0 Å². The fraction of sp³-hybridized carbons (Fsp3) is 0.300. The standard InChI is InChI=1S/C10H10BrFO2/c1-6(14)10(11)8-3-2-7(5-13)4-9(8)12/h2-4,10,13H,5H2,1H3. The molecule has 1 N–H and O–H groups in total. The molecule has 0 fully saturated rings. The Labute approximate surface area is 89.9 Å². The van der Waals surface area contributed by atoms with Crippen LogP contribution < -0.4 is 0 Å². The van der Waals surface area contributed by atoms with Crippen molar-refractivity contribution in [2.24, 2.45) is 0 Å². The van der Waals surface area contributed by atoms with Crippen LogP contribution in [0.2, 0.25) is 0 Å². The number of hydrogen-bond donors (Lipinski definition) is 1. The van der Waals surface area contributed by atoms with Crippen LogP contribution in [0.25, 0.3) is 0 Å². The maximum absolute atomic E-state index is 13.4. The maximum Gasteiger partial charge on any atom is 0.147 e. The molecular formula is C10H10BrFO2. The molecule has 0 aliphatic heterocycles. The fourth-order valence-corrected chi connectivity index (χ4v) is 1.46. The normalized spacial score (nSPS) is 12.6. The first kappa shape index (κ1) is 11.3. The highest BCUT2D eigenvalue weighted by Gasteiger charge is 2.16. The Morgan fingerprint density at radius 2 is 2.29 bits per heavy atom.